The van der Waals surface area contributed by atoms with Crippen LogP contribution in [0.2, 0.25) is 0 Å². The maximum atomic E-state index is 14.2. The summed E-state index contributed by atoms with van der Waals surface area (Å²) in [5.74, 6) is 5.14. The lowest BCUT2D eigenvalue weighted by molar-refractivity contribution is -0.128. The van der Waals surface area contributed by atoms with Gasteiger partial charge in [0.15, 0.2) is 17.9 Å². The average Bonchev–Trinajstić information content (AvgIpc) is 3.23. The Morgan fingerprint density at radius 1 is 1.26 bits per heavy atom. The van der Waals surface area contributed by atoms with Crippen LogP contribution in [0.1, 0.15) is 29.4 Å². The van der Waals surface area contributed by atoms with Gasteiger partial charge in [-0.3, -0.25) is 14.6 Å². The zero-order valence-corrected chi connectivity index (χ0v) is 22.0. The van der Waals surface area contributed by atoms with E-state index in [0.29, 0.717) is 41.3 Å². The number of aromatic nitrogens is 2. The number of nitrogens with one attached hydrogen (secondary N) is 3. The number of ether oxygens (including phenoxy) is 2. The van der Waals surface area contributed by atoms with Crippen molar-refractivity contribution in [3.05, 3.63) is 53.7 Å². The molecule has 0 atom stereocenters. The molecule has 3 heterocycles. The molecule has 1 fully saturated rings. The summed E-state index contributed by atoms with van der Waals surface area (Å²) in [5.41, 5.74) is 3.49. The van der Waals surface area contributed by atoms with Gasteiger partial charge in [-0.05, 0) is 44.5 Å². The molecule has 1 aliphatic rings. The van der Waals surface area contributed by atoms with Crippen molar-refractivity contribution in [1.82, 2.24) is 20.2 Å². The lowest BCUT2D eigenvalue weighted by Crippen LogP contribution is -2.41. The van der Waals surface area contributed by atoms with E-state index in [1.54, 1.807) is 49.5 Å². The molecule has 9 nitrogen and oxygen atoms in total. The van der Waals surface area contributed by atoms with E-state index in [1.807, 2.05) is 7.05 Å². The number of likely N-dealkylation sites (tertiary alicyclic amines) is 1. The number of hydrogen-bond acceptors (Lipinski definition) is 7. The third kappa shape index (κ3) is 6.49. The van der Waals surface area contributed by atoms with Crippen molar-refractivity contribution in [2.75, 3.05) is 46.2 Å². The van der Waals surface area contributed by atoms with E-state index < -0.39 is 5.82 Å². The Morgan fingerprint density at radius 2 is 2.05 bits per heavy atom. The smallest absolute Gasteiger partial charge is 0.298 e. The average molecular weight is 522 g/mol. The fourth-order valence-corrected chi connectivity index (χ4v) is 3.88. The van der Waals surface area contributed by atoms with Crippen LogP contribution in [0, 0.1) is 17.7 Å². The number of pyridine rings is 1. The van der Waals surface area contributed by atoms with E-state index >= 15 is 0 Å². The molecule has 4 rings (SSSR count). The number of aromatic amines is 1. The molecule has 0 radical (unpaired) electrons. The summed E-state index contributed by atoms with van der Waals surface area (Å²) in [6.07, 6.45) is 5.76. The Bertz CT molecular complexity index is 1320. The Hall–Kier alpha value is -4.36. The molecule has 0 unspecified atom stereocenters. The van der Waals surface area contributed by atoms with Crippen molar-refractivity contribution < 1.29 is 23.5 Å². The van der Waals surface area contributed by atoms with Gasteiger partial charge in [0.25, 0.3) is 5.91 Å². The first kappa shape index (κ1) is 28.2. The third-order valence-corrected chi connectivity index (χ3v) is 5.94. The molecule has 1 aliphatic heterocycles. The fourth-order valence-electron chi connectivity index (χ4n) is 3.88. The van der Waals surface area contributed by atoms with Crippen LogP contribution >= 0.6 is 0 Å². The summed E-state index contributed by atoms with van der Waals surface area (Å²) in [6, 6.07) is 6.36. The number of amides is 1. The molecule has 1 amide bonds. The number of H-pyrrole nitrogens is 1. The van der Waals surface area contributed by atoms with E-state index in [9.17, 15) is 14.0 Å². The van der Waals surface area contributed by atoms with Gasteiger partial charge in [0, 0.05) is 43.5 Å². The van der Waals surface area contributed by atoms with Crippen LogP contribution in [0.25, 0.3) is 11.3 Å². The zero-order valence-electron chi connectivity index (χ0n) is 22.0. The quantitative estimate of drug-likeness (QED) is 0.290. The number of halogens is 1. The number of methoxy groups -OCH3 is 2. The molecule has 1 saturated heterocycles. The van der Waals surface area contributed by atoms with Gasteiger partial charge >= 0.3 is 0 Å². The van der Waals surface area contributed by atoms with Crippen molar-refractivity contribution in [2.24, 2.45) is 0 Å². The molecule has 1 aromatic carbocycles. The maximum Gasteiger partial charge on any atom is 0.298 e. The molecule has 2 aromatic heterocycles. The molecule has 0 bridgehead atoms. The van der Waals surface area contributed by atoms with Crippen LogP contribution in [0.4, 0.5) is 15.8 Å². The number of aldehydes is 1. The van der Waals surface area contributed by atoms with Crippen LogP contribution in [-0.2, 0) is 11.2 Å². The summed E-state index contributed by atoms with van der Waals surface area (Å²) in [4.78, 5) is 31.9. The Labute approximate surface area is 221 Å². The molecule has 3 aromatic rings. The van der Waals surface area contributed by atoms with E-state index in [1.165, 1.54) is 13.2 Å². The summed E-state index contributed by atoms with van der Waals surface area (Å²) >= 11 is 0. The van der Waals surface area contributed by atoms with Crippen LogP contribution < -0.4 is 20.1 Å². The van der Waals surface area contributed by atoms with Gasteiger partial charge in [0.2, 0.25) is 0 Å². The summed E-state index contributed by atoms with van der Waals surface area (Å²) in [6.45, 7) is 4.15. The van der Waals surface area contributed by atoms with E-state index in [4.69, 9.17) is 9.47 Å². The molecule has 0 aliphatic carbocycles. The van der Waals surface area contributed by atoms with E-state index in [2.05, 4.69) is 32.4 Å². The number of rotatable bonds is 9. The number of para-hydroxylation sites is 1. The highest BCUT2D eigenvalue weighted by atomic mass is 19.1. The minimum absolute atomic E-state index is 0.0243. The van der Waals surface area contributed by atoms with Crippen molar-refractivity contribution in [2.45, 2.75) is 19.8 Å². The molecule has 0 saturated carbocycles. The number of benzene rings is 1. The van der Waals surface area contributed by atoms with Gasteiger partial charge < -0.3 is 30.0 Å². The van der Waals surface area contributed by atoms with Gasteiger partial charge in [0.05, 0.1) is 43.0 Å². The molecule has 200 valence electrons. The van der Waals surface area contributed by atoms with Gasteiger partial charge in [-0.15, -0.1) is 0 Å². The molecule has 10 heteroatoms. The Kier molecular flexibility index (Phi) is 10.3. The van der Waals surface area contributed by atoms with E-state index in [0.717, 1.165) is 37.1 Å². The highest BCUT2D eigenvalue weighted by molar-refractivity contribution is 5.97. The standard InChI is InChI=1S/C21H23FN4O3.C7H9NO/c1-23-9-8-16-14(12-27)20(26-17-6-4-5-15(22)21(17)29-3)19(25-16)13-7-10-24-11-18(13)28-2;1-2-4-7(9)8-5-3-6-8/h4-7,10-12,23,25-26H,8-9H2,1-3H3;3,5-6H2,1H3. The maximum absolute atomic E-state index is 14.2. The molecule has 3 N–H and O–H groups in total. The normalized spacial score (nSPS) is 11.8. The highest BCUT2D eigenvalue weighted by Gasteiger charge is 2.22. The summed E-state index contributed by atoms with van der Waals surface area (Å²) in [7, 11) is 4.79. The monoisotopic (exact) mass is 521 g/mol. The summed E-state index contributed by atoms with van der Waals surface area (Å²) in [5, 5.41) is 6.25. The van der Waals surface area contributed by atoms with E-state index in [-0.39, 0.29) is 11.7 Å². The lowest BCUT2D eigenvalue weighted by Gasteiger charge is -2.28. The Balaban J connectivity index is 0.000000375. The topological polar surface area (TPSA) is 109 Å². The SMILES string of the molecule is CC#CC(=O)N1CCC1.CNCCc1[nH]c(-c2ccncc2OC)c(Nc2cccc(F)c2OC)c1C=O. The largest absolute Gasteiger partial charge is 0.494 e. The number of likely N-dealkylation sites (N-methyl/N-ethyl adjacent to an activating group) is 1. The number of anilines is 2. The second-order valence-electron chi connectivity index (χ2n) is 8.28. The molecule has 38 heavy (non-hydrogen) atoms. The lowest BCUT2D eigenvalue weighted by atomic mass is 10.1. The molecule has 0 spiro atoms. The van der Waals surface area contributed by atoms with Gasteiger partial charge in [-0.25, -0.2) is 4.39 Å². The first-order valence-electron chi connectivity index (χ1n) is 12.1. The summed E-state index contributed by atoms with van der Waals surface area (Å²) < 4.78 is 24.8. The predicted octanol–water partition coefficient (Wildman–Crippen LogP) is 3.79. The minimum Gasteiger partial charge on any atom is -0.494 e. The minimum atomic E-state index is -0.501. The van der Waals surface area contributed by atoms with Crippen molar-refractivity contribution >= 4 is 23.6 Å². The Morgan fingerprint density at radius 3 is 2.66 bits per heavy atom. The first-order chi connectivity index (χ1) is 18.5. The van der Waals surface area contributed by atoms with Crippen LogP contribution in [0.3, 0.4) is 0 Å². The van der Waals surface area contributed by atoms with Crippen LogP contribution in [0.15, 0.2) is 36.7 Å². The van der Waals surface area contributed by atoms with Crippen LogP contribution in [0.5, 0.6) is 11.5 Å². The predicted molar refractivity (Wildman–Crippen MR) is 144 cm³/mol. The third-order valence-electron chi connectivity index (χ3n) is 5.94. The molecular formula is C28H32FN5O4. The van der Waals surface area contributed by atoms with Crippen LogP contribution in [-0.4, -0.2) is 68.0 Å². The number of carbonyl (C=O) groups excluding carboxylic acids is 2. The molecular weight excluding hydrogens is 489 g/mol. The van der Waals surface area contributed by atoms with Gasteiger partial charge in [-0.2, -0.15) is 0 Å². The van der Waals surface area contributed by atoms with Crippen molar-refractivity contribution in [3.8, 4) is 34.6 Å². The number of hydrogen-bond donors (Lipinski definition) is 3. The first-order valence-corrected chi connectivity index (χ1v) is 12.1. The second kappa shape index (κ2) is 13.8. The number of nitrogens with zero attached hydrogens (tertiary/aromatic N) is 2. The van der Waals surface area contributed by atoms with Crippen molar-refractivity contribution in [3.63, 3.8) is 0 Å². The van der Waals surface area contributed by atoms with Gasteiger partial charge in [0.1, 0.15) is 5.75 Å². The van der Waals surface area contributed by atoms with Gasteiger partial charge in [-0.1, -0.05) is 12.0 Å². The number of carbonyl (C=O) groups is 2. The highest BCUT2D eigenvalue weighted by Crippen LogP contribution is 2.40. The zero-order chi connectivity index (χ0) is 27.5. The second-order valence-corrected chi connectivity index (χ2v) is 8.28. The van der Waals surface area contributed by atoms with Crippen molar-refractivity contribution in [1.29, 1.82) is 0 Å². The fraction of sp³-hybridized carbons (Fsp3) is 0.321.